The van der Waals surface area contributed by atoms with Gasteiger partial charge in [0.25, 0.3) is 0 Å². The van der Waals surface area contributed by atoms with Crippen LogP contribution in [-0.4, -0.2) is 20.8 Å². The fourth-order valence-corrected chi connectivity index (χ4v) is 1.30. The summed E-state index contributed by atoms with van der Waals surface area (Å²) >= 11 is 0. The minimum absolute atomic E-state index is 0.342. The molecule has 1 rings (SSSR count). The Labute approximate surface area is 84.8 Å². The van der Waals surface area contributed by atoms with E-state index >= 15 is 0 Å². The maximum Gasteiger partial charge on any atom is 0.160 e. The van der Waals surface area contributed by atoms with Crippen LogP contribution in [0.4, 0.5) is 0 Å². The second-order valence-corrected chi connectivity index (χ2v) is 3.25. The molecule has 0 saturated carbocycles. The Balaban J connectivity index is 3.01. The van der Waals surface area contributed by atoms with Crippen molar-refractivity contribution in [3.05, 3.63) is 23.8 Å². The third-order valence-electron chi connectivity index (χ3n) is 2.33. The van der Waals surface area contributed by atoms with Gasteiger partial charge in [0.1, 0.15) is 0 Å². The molecule has 2 N–H and O–H groups in total. The van der Waals surface area contributed by atoms with Crippen LogP contribution in [0.15, 0.2) is 18.2 Å². The molecule has 0 aromatic heterocycles. The predicted octanol–water partition coefficient (Wildman–Crippen LogP) is 1.77. The van der Waals surface area contributed by atoms with Gasteiger partial charge in [-0.15, -0.1) is 0 Å². The maximum absolute atomic E-state index is 5.59. The van der Waals surface area contributed by atoms with Crippen LogP contribution in [0.2, 0.25) is 0 Å². The third-order valence-corrected chi connectivity index (χ3v) is 2.33. The summed E-state index contributed by atoms with van der Waals surface area (Å²) in [5.74, 6) is 1.85. The zero-order chi connectivity index (χ0) is 10.6. The Morgan fingerprint density at radius 1 is 1.21 bits per heavy atom. The molecule has 0 fully saturated rings. The molecule has 78 valence electrons. The summed E-state index contributed by atoms with van der Waals surface area (Å²) in [5, 5.41) is 0. The van der Waals surface area contributed by atoms with Crippen molar-refractivity contribution in [2.45, 2.75) is 12.8 Å². The van der Waals surface area contributed by atoms with Gasteiger partial charge < -0.3 is 15.2 Å². The van der Waals surface area contributed by atoms with Crippen molar-refractivity contribution in [3.63, 3.8) is 0 Å². The Hall–Kier alpha value is -1.22. The Morgan fingerprint density at radius 3 is 2.36 bits per heavy atom. The van der Waals surface area contributed by atoms with Gasteiger partial charge in [-0.1, -0.05) is 13.0 Å². The SMILES string of the molecule is COc1ccc([C@H](C)CN)cc1OC. The van der Waals surface area contributed by atoms with Gasteiger partial charge in [0.05, 0.1) is 14.2 Å². The molecular weight excluding hydrogens is 178 g/mol. The fraction of sp³-hybridized carbons (Fsp3) is 0.455. The normalized spacial score (nSPS) is 12.3. The van der Waals surface area contributed by atoms with Crippen molar-refractivity contribution < 1.29 is 9.47 Å². The van der Waals surface area contributed by atoms with E-state index in [0.29, 0.717) is 12.5 Å². The van der Waals surface area contributed by atoms with Crippen molar-refractivity contribution in [1.29, 1.82) is 0 Å². The van der Waals surface area contributed by atoms with Crippen LogP contribution in [0.3, 0.4) is 0 Å². The van der Waals surface area contributed by atoms with E-state index in [2.05, 4.69) is 6.92 Å². The molecule has 0 heterocycles. The van der Waals surface area contributed by atoms with Gasteiger partial charge in [0.2, 0.25) is 0 Å². The van der Waals surface area contributed by atoms with Crippen molar-refractivity contribution >= 4 is 0 Å². The first-order chi connectivity index (χ1) is 6.72. The number of ether oxygens (including phenoxy) is 2. The number of rotatable bonds is 4. The molecule has 3 nitrogen and oxygen atoms in total. The zero-order valence-electron chi connectivity index (χ0n) is 8.91. The van der Waals surface area contributed by atoms with Crippen LogP contribution < -0.4 is 15.2 Å². The molecule has 1 aromatic rings. The summed E-state index contributed by atoms with van der Waals surface area (Å²) in [5.41, 5.74) is 6.77. The van der Waals surface area contributed by atoms with E-state index in [1.165, 1.54) is 5.56 Å². The van der Waals surface area contributed by atoms with Gasteiger partial charge in [0, 0.05) is 0 Å². The number of hydrogen-bond donors (Lipinski definition) is 1. The van der Waals surface area contributed by atoms with Gasteiger partial charge in [-0.3, -0.25) is 0 Å². The summed E-state index contributed by atoms with van der Waals surface area (Å²) in [4.78, 5) is 0. The smallest absolute Gasteiger partial charge is 0.160 e. The molecule has 0 bridgehead atoms. The molecule has 3 heteroatoms. The molecule has 0 saturated heterocycles. The highest BCUT2D eigenvalue weighted by Crippen LogP contribution is 2.30. The molecule has 0 aliphatic heterocycles. The highest BCUT2D eigenvalue weighted by atomic mass is 16.5. The van der Waals surface area contributed by atoms with E-state index in [0.717, 1.165) is 11.5 Å². The standard InChI is InChI=1S/C11H17NO2/c1-8(7-12)9-4-5-10(13-2)11(6-9)14-3/h4-6,8H,7,12H2,1-3H3/t8-/m1/s1. The minimum Gasteiger partial charge on any atom is -0.493 e. The number of hydrogen-bond acceptors (Lipinski definition) is 3. The van der Waals surface area contributed by atoms with Crippen LogP contribution >= 0.6 is 0 Å². The van der Waals surface area contributed by atoms with Crippen LogP contribution in [-0.2, 0) is 0 Å². The van der Waals surface area contributed by atoms with Gasteiger partial charge in [-0.25, -0.2) is 0 Å². The molecule has 14 heavy (non-hydrogen) atoms. The largest absolute Gasteiger partial charge is 0.493 e. The molecular formula is C11H17NO2. The molecule has 1 aromatic carbocycles. The van der Waals surface area contributed by atoms with Gasteiger partial charge in [-0.2, -0.15) is 0 Å². The van der Waals surface area contributed by atoms with E-state index in [1.807, 2.05) is 18.2 Å². The fourth-order valence-electron chi connectivity index (χ4n) is 1.30. The van der Waals surface area contributed by atoms with Crippen LogP contribution in [0.5, 0.6) is 11.5 Å². The minimum atomic E-state index is 0.342. The third kappa shape index (κ3) is 2.17. The van der Waals surface area contributed by atoms with E-state index in [-0.39, 0.29) is 0 Å². The highest BCUT2D eigenvalue weighted by Gasteiger charge is 2.08. The molecule has 0 radical (unpaired) electrons. The van der Waals surface area contributed by atoms with E-state index < -0.39 is 0 Å². The summed E-state index contributed by atoms with van der Waals surface area (Å²) in [6, 6.07) is 5.88. The van der Waals surface area contributed by atoms with Crippen molar-refractivity contribution in [3.8, 4) is 11.5 Å². The van der Waals surface area contributed by atoms with E-state index in [4.69, 9.17) is 15.2 Å². The molecule has 0 aliphatic rings. The average molecular weight is 195 g/mol. The first-order valence-electron chi connectivity index (χ1n) is 4.65. The second kappa shape index (κ2) is 4.86. The molecule has 0 spiro atoms. The van der Waals surface area contributed by atoms with Crippen molar-refractivity contribution in [2.75, 3.05) is 20.8 Å². The molecule has 0 aliphatic carbocycles. The monoisotopic (exact) mass is 195 g/mol. The summed E-state index contributed by atoms with van der Waals surface area (Å²) in [7, 11) is 3.26. The Morgan fingerprint density at radius 2 is 1.86 bits per heavy atom. The Kier molecular flexibility index (Phi) is 3.77. The maximum atomic E-state index is 5.59. The highest BCUT2D eigenvalue weighted by molar-refractivity contribution is 5.43. The zero-order valence-corrected chi connectivity index (χ0v) is 8.91. The lowest BCUT2D eigenvalue weighted by atomic mass is 10.0. The van der Waals surface area contributed by atoms with Crippen molar-refractivity contribution in [1.82, 2.24) is 0 Å². The van der Waals surface area contributed by atoms with Crippen LogP contribution in [0, 0.1) is 0 Å². The number of nitrogens with two attached hydrogens (primary N) is 1. The molecule has 0 amide bonds. The summed E-state index contributed by atoms with van der Waals surface area (Å²) in [6.07, 6.45) is 0. The first-order valence-corrected chi connectivity index (χ1v) is 4.65. The van der Waals surface area contributed by atoms with Gasteiger partial charge >= 0.3 is 0 Å². The lowest BCUT2D eigenvalue weighted by molar-refractivity contribution is 0.354. The quantitative estimate of drug-likeness (QED) is 0.796. The summed E-state index contributed by atoms with van der Waals surface area (Å²) in [6.45, 7) is 2.72. The number of benzene rings is 1. The van der Waals surface area contributed by atoms with Gasteiger partial charge in [0.15, 0.2) is 11.5 Å². The van der Waals surface area contributed by atoms with Crippen LogP contribution in [0.1, 0.15) is 18.4 Å². The second-order valence-electron chi connectivity index (χ2n) is 3.25. The topological polar surface area (TPSA) is 44.5 Å². The number of methoxy groups -OCH3 is 2. The predicted molar refractivity (Wildman–Crippen MR) is 57.0 cm³/mol. The average Bonchev–Trinajstić information content (AvgIpc) is 2.26. The molecule has 1 atom stereocenters. The molecule has 0 unspecified atom stereocenters. The summed E-state index contributed by atoms with van der Waals surface area (Å²) < 4.78 is 10.4. The van der Waals surface area contributed by atoms with Gasteiger partial charge in [-0.05, 0) is 30.2 Å². The lowest BCUT2D eigenvalue weighted by Crippen LogP contribution is -2.08. The van der Waals surface area contributed by atoms with E-state index in [1.54, 1.807) is 14.2 Å². The first kappa shape index (κ1) is 10.9. The van der Waals surface area contributed by atoms with E-state index in [9.17, 15) is 0 Å². The van der Waals surface area contributed by atoms with Crippen LogP contribution in [0.25, 0.3) is 0 Å². The lowest BCUT2D eigenvalue weighted by Gasteiger charge is -2.12. The Bertz CT molecular complexity index is 299. The van der Waals surface area contributed by atoms with Crippen molar-refractivity contribution in [2.24, 2.45) is 5.73 Å².